The number of nitriles is 1. The van der Waals surface area contributed by atoms with Gasteiger partial charge < -0.3 is 9.08 Å². The molecular formula is C17H14F3N3O3S. The monoisotopic (exact) mass is 397 g/mol. The van der Waals surface area contributed by atoms with Gasteiger partial charge in [0.1, 0.15) is 5.82 Å². The van der Waals surface area contributed by atoms with E-state index in [0.717, 1.165) is 11.3 Å². The minimum atomic E-state index is -5.77. The van der Waals surface area contributed by atoms with E-state index in [1.807, 2.05) is 6.07 Å². The maximum absolute atomic E-state index is 12.7. The van der Waals surface area contributed by atoms with Crippen LogP contribution < -0.4 is 9.08 Å². The summed E-state index contributed by atoms with van der Waals surface area (Å²) in [5.41, 5.74) is -2.91. The third-order valence-electron chi connectivity index (χ3n) is 4.13. The SMILES string of the molecule is Cc1cc(OS(=O)(=O)C(F)(F)F)c2c(n1)N(c1ccc(C#N)cc1C)CC2. The number of hydrogen-bond acceptors (Lipinski definition) is 6. The Kier molecular flexibility index (Phi) is 4.51. The van der Waals surface area contributed by atoms with E-state index in [0.29, 0.717) is 23.6 Å². The van der Waals surface area contributed by atoms with Crippen LogP contribution in [-0.2, 0) is 16.5 Å². The van der Waals surface area contributed by atoms with E-state index in [4.69, 9.17) is 5.26 Å². The molecule has 0 bridgehead atoms. The molecule has 0 atom stereocenters. The highest BCUT2D eigenvalue weighted by Crippen LogP contribution is 2.41. The number of rotatable bonds is 3. The van der Waals surface area contributed by atoms with E-state index in [9.17, 15) is 21.6 Å². The maximum atomic E-state index is 12.7. The Balaban J connectivity index is 2.06. The topological polar surface area (TPSA) is 83.3 Å². The zero-order valence-corrected chi connectivity index (χ0v) is 15.1. The van der Waals surface area contributed by atoms with E-state index >= 15 is 0 Å². The molecule has 10 heteroatoms. The number of aromatic nitrogens is 1. The van der Waals surface area contributed by atoms with Crippen molar-refractivity contribution in [2.24, 2.45) is 0 Å². The van der Waals surface area contributed by atoms with Crippen LogP contribution in [0.25, 0.3) is 0 Å². The Morgan fingerprint density at radius 3 is 2.56 bits per heavy atom. The normalized spacial score (nSPS) is 14.0. The molecule has 0 unspecified atom stereocenters. The van der Waals surface area contributed by atoms with Crippen LogP contribution in [0.15, 0.2) is 24.3 Å². The van der Waals surface area contributed by atoms with Gasteiger partial charge in [-0.3, -0.25) is 0 Å². The van der Waals surface area contributed by atoms with Crippen LogP contribution in [0.2, 0.25) is 0 Å². The number of fused-ring (bicyclic) bond motifs is 1. The molecule has 6 nitrogen and oxygen atoms in total. The summed E-state index contributed by atoms with van der Waals surface area (Å²) in [5, 5.41) is 8.98. The van der Waals surface area contributed by atoms with E-state index in [1.54, 1.807) is 30.0 Å². The average Bonchev–Trinajstić information content (AvgIpc) is 2.97. The summed E-state index contributed by atoms with van der Waals surface area (Å²) in [7, 11) is -5.77. The second-order valence-electron chi connectivity index (χ2n) is 6.06. The van der Waals surface area contributed by atoms with Crippen LogP contribution in [0.5, 0.6) is 5.75 Å². The van der Waals surface area contributed by atoms with Crippen LogP contribution in [0, 0.1) is 25.2 Å². The Hall–Kier alpha value is -2.80. The molecule has 0 fully saturated rings. The fraction of sp³-hybridized carbons (Fsp3) is 0.294. The van der Waals surface area contributed by atoms with Crippen LogP contribution in [0.1, 0.15) is 22.4 Å². The van der Waals surface area contributed by atoms with Crippen molar-refractivity contribution in [1.29, 1.82) is 5.26 Å². The Morgan fingerprint density at radius 1 is 1.26 bits per heavy atom. The van der Waals surface area contributed by atoms with Crippen LogP contribution in [-0.4, -0.2) is 25.5 Å². The van der Waals surface area contributed by atoms with Crippen molar-refractivity contribution in [1.82, 2.24) is 4.98 Å². The van der Waals surface area contributed by atoms with E-state index < -0.39 is 15.6 Å². The Morgan fingerprint density at radius 2 is 1.96 bits per heavy atom. The number of halogens is 3. The number of pyridine rings is 1. The van der Waals surface area contributed by atoms with Crippen molar-refractivity contribution in [2.45, 2.75) is 25.8 Å². The van der Waals surface area contributed by atoms with Crippen molar-refractivity contribution in [3.8, 4) is 11.8 Å². The molecule has 27 heavy (non-hydrogen) atoms. The van der Waals surface area contributed by atoms with Gasteiger partial charge in [-0.2, -0.15) is 26.9 Å². The van der Waals surface area contributed by atoms with E-state index in [1.165, 1.54) is 13.0 Å². The van der Waals surface area contributed by atoms with Gasteiger partial charge >= 0.3 is 15.6 Å². The molecule has 0 aliphatic carbocycles. The molecule has 2 aromatic rings. The number of anilines is 2. The molecular weight excluding hydrogens is 383 g/mol. The zero-order chi connectivity index (χ0) is 20.0. The molecule has 1 aliphatic rings. The molecule has 0 saturated heterocycles. The molecule has 0 spiro atoms. The highest BCUT2D eigenvalue weighted by Gasteiger charge is 2.49. The van der Waals surface area contributed by atoms with Gasteiger partial charge in [0.25, 0.3) is 0 Å². The second-order valence-corrected chi connectivity index (χ2v) is 7.60. The van der Waals surface area contributed by atoms with Crippen molar-refractivity contribution >= 4 is 21.6 Å². The van der Waals surface area contributed by atoms with E-state index in [-0.39, 0.29) is 17.7 Å². The quantitative estimate of drug-likeness (QED) is 0.582. The summed E-state index contributed by atoms with van der Waals surface area (Å²) in [6.45, 7) is 3.73. The Labute approximate surface area is 153 Å². The van der Waals surface area contributed by atoms with Crippen LogP contribution in [0.4, 0.5) is 24.7 Å². The predicted molar refractivity (Wildman–Crippen MR) is 91.2 cm³/mol. The van der Waals surface area contributed by atoms with Crippen LogP contribution >= 0.6 is 0 Å². The lowest BCUT2D eigenvalue weighted by Gasteiger charge is -2.21. The minimum absolute atomic E-state index is 0.269. The van der Waals surface area contributed by atoms with Gasteiger partial charge in [0.15, 0.2) is 5.75 Å². The lowest BCUT2D eigenvalue weighted by atomic mass is 10.1. The molecule has 0 radical (unpaired) electrons. The highest BCUT2D eigenvalue weighted by molar-refractivity contribution is 7.88. The summed E-state index contributed by atoms with van der Waals surface area (Å²) in [5.74, 6) is -0.0289. The first-order valence-electron chi connectivity index (χ1n) is 7.83. The smallest absolute Gasteiger partial charge is 0.376 e. The van der Waals surface area contributed by atoms with Gasteiger partial charge in [-0.1, -0.05) is 0 Å². The maximum Gasteiger partial charge on any atom is 0.534 e. The molecule has 1 aromatic heterocycles. The first-order valence-corrected chi connectivity index (χ1v) is 9.24. The standard InChI is InChI=1S/C17H14F3N3O3S/c1-10-7-12(9-21)3-4-14(10)23-6-5-13-15(8-11(2)22-16(13)23)26-27(24,25)17(18,19)20/h3-4,7-8H,5-6H2,1-2H3. The second kappa shape index (κ2) is 6.42. The van der Waals surface area contributed by atoms with Gasteiger partial charge in [0.05, 0.1) is 11.6 Å². The lowest BCUT2D eigenvalue weighted by Crippen LogP contribution is -2.28. The molecule has 0 amide bonds. The first kappa shape index (κ1) is 19.0. The number of alkyl halides is 3. The predicted octanol–water partition coefficient (Wildman–Crippen LogP) is 3.49. The molecule has 3 rings (SSSR count). The lowest BCUT2D eigenvalue weighted by molar-refractivity contribution is -0.0500. The van der Waals surface area contributed by atoms with E-state index in [2.05, 4.69) is 9.17 Å². The number of nitrogens with zero attached hydrogens (tertiary/aromatic N) is 3. The molecule has 142 valence electrons. The average molecular weight is 397 g/mol. The largest absolute Gasteiger partial charge is 0.534 e. The van der Waals surface area contributed by atoms with Gasteiger partial charge in [-0.15, -0.1) is 0 Å². The number of aryl methyl sites for hydroxylation is 2. The summed E-state index contributed by atoms with van der Waals surface area (Å²) in [6, 6.07) is 8.25. The van der Waals surface area contributed by atoms with Crippen LogP contribution in [0.3, 0.4) is 0 Å². The highest BCUT2D eigenvalue weighted by atomic mass is 32.2. The minimum Gasteiger partial charge on any atom is -0.376 e. The summed E-state index contributed by atoms with van der Waals surface area (Å²) in [4.78, 5) is 6.12. The number of benzene rings is 1. The molecule has 0 saturated carbocycles. The van der Waals surface area contributed by atoms with Crippen molar-refractivity contribution < 1.29 is 25.8 Å². The van der Waals surface area contributed by atoms with Gasteiger partial charge in [-0.25, -0.2) is 4.98 Å². The third kappa shape index (κ3) is 3.42. The van der Waals surface area contributed by atoms with Gasteiger partial charge in [0.2, 0.25) is 0 Å². The summed E-state index contributed by atoms with van der Waals surface area (Å²) < 4.78 is 65.2. The molecule has 1 aromatic carbocycles. The Bertz CT molecular complexity index is 1060. The summed E-state index contributed by atoms with van der Waals surface area (Å²) >= 11 is 0. The first-order chi connectivity index (χ1) is 12.5. The third-order valence-corrected chi connectivity index (χ3v) is 5.10. The molecule has 1 aliphatic heterocycles. The fourth-order valence-corrected chi connectivity index (χ4v) is 3.42. The van der Waals surface area contributed by atoms with Crippen molar-refractivity contribution in [3.05, 3.63) is 46.6 Å². The van der Waals surface area contributed by atoms with Gasteiger partial charge in [-0.05, 0) is 44.0 Å². The molecule has 2 heterocycles. The van der Waals surface area contributed by atoms with Crippen molar-refractivity contribution in [3.63, 3.8) is 0 Å². The molecule has 0 N–H and O–H groups in total. The number of hydrogen-bond donors (Lipinski definition) is 0. The summed E-state index contributed by atoms with van der Waals surface area (Å²) in [6.07, 6.45) is 0.269. The fourth-order valence-electron chi connectivity index (χ4n) is 2.94. The van der Waals surface area contributed by atoms with Gasteiger partial charge in [0, 0.05) is 29.6 Å². The van der Waals surface area contributed by atoms with Crippen molar-refractivity contribution in [2.75, 3.05) is 11.4 Å². The zero-order valence-electron chi connectivity index (χ0n) is 14.3.